The molecule has 0 amide bonds. The minimum Gasteiger partial charge on any atom is -0.490 e. The van der Waals surface area contributed by atoms with Gasteiger partial charge in [-0.2, -0.15) is 4.98 Å². The van der Waals surface area contributed by atoms with Crippen LogP contribution in [0.1, 0.15) is 37.4 Å². The lowest BCUT2D eigenvalue weighted by Gasteiger charge is -2.17. The smallest absolute Gasteiger partial charge is 0.230 e. The maximum atomic E-state index is 13.4. The molecule has 0 saturated heterocycles. The van der Waals surface area contributed by atoms with Gasteiger partial charge < -0.3 is 15.0 Å². The molecule has 0 radical (unpaired) electrons. The molecule has 6 heteroatoms. The van der Waals surface area contributed by atoms with Crippen molar-refractivity contribution in [3.8, 4) is 5.75 Å². The standard InChI is InChI=1S/C15H18FN3O2/c16-11-5-1-2-6-12(11)20-10-7-13-18-14(19-21-13)15(17)8-3-4-9-15/h1-2,5-6H,3-4,7-10,17H2. The van der Waals surface area contributed by atoms with Crippen LogP contribution in [-0.4, -0.2) is 16.7 Å². The molecule has 1 aromatic heterocycles. The van der Waals surface area contributed by atoms with Crippen LogP contribution in [-0.2, 0) is 12.0 Å². The van der Waals surface area contributed by atoms with Gasteiger partial charge in [0.15, 0.2) is 17.4 Å². The van der Waals surface area contributed by atoms with Gasteiger partial charge in [0.25, 0.3) is 0 Å². The maximum Gasteiger partial charge on any atom is 0.230 e. The van der Waals surface area contributed by atoms with E-state index in [4.69, 9.17) is 15.0 Å². The van der Waals surface area contributed by atoms with Crippen LogP contribution in [0.5, 0.6) is 5.75 Å². The van der Waals surface area contributed by atoms with Gasteiger partial charge in [0.1, 0.15) is 0 Å². The fourth-order valence-electron chi connectivity index (χ4n) is 2.60. The van der Waals surface area contributed by atoms with Gasteiger partial charge in [0.05, 0.1) is 18.6 Å². The van der Waals surface area contributed by atoms with Crippen molar-refractivity contribution in [3.05, 3.63) is 41.8 Å². The molecule has 1 saturated carbocycles. The molecule has 1 heterocycles. The van der Waals surface area contributed by atoms with E-state index in [2.05, 4.69) is 10.1 Å². The molecule has 0 spiro atoms. The zero-order valence-corrected chi connectivity index (χ0v) is 11.7. The highest BCUT2D eigenvalue weighted by molar-refractivity contribution is 5.23. The van der Waals surface area contributed by atoms with E-state index in [1.165, 1.54) is 6.07 Å². The molecule has 21 heavy (non-hydrogen) atoms. The molecule has 0 atom stereocenters. The Morgan fingerprint density at radius 3 is 2.81 bits per heavy atom. The van der Waals surface area contributed by atoms with Gasteiger partial charge in [0.2, 0.25) is 5.89 Å². The fraction of sp³-hybridized carbons (Fsp3) is 0.467. The van der Waals surface area contributed by atoms with Crippen LogP contribution in [0, 0.1) is 5.82 Å². The maximum absolute atomic E-state index is 13.4. The first-order valence-electron chi connectivity index (χ1n) is 7.17. The third kappa shape index (κ3) is 3.05. The number of ether oxygens (including phenoxy) is 1. The predicted molar refractivity (Wildman–Crippen MR) is 74.2 cm³/mol. The molecule has 1 aromatic carbocycles. The molecule has 5 nitrogen and oxygen atoms in total. The first kappa shape index (κ1) is 14.0. The molecule has 1 fully saturated rings. The Labute approximate surface area is 122 Å². The minimum absolute atomic E-state index is 0.225. The lowest BCUT2D eigenvalue weighted by atomic mass is 9.99. The molecular weight excluding hydrogens is 273 g/mol. The van der Waals surface area contributed by atoms with E-state index in [1.54, 1.807) is 18.2 Å². The van der Waals surface area contributed by atoms with E-state index in [0.717, 1.165) is 25.7 Å². The number of nitrogens with two attached hydrogens (primary N) is 1. The van der Waals surface area contributed by atoms with Crippen molar-refractivity contribution in [2.24, 2.45) is 5.73 Å². The van der Waals surface area contributed by atoms with Gasteiger partial charge in [-0.25, -0.2) is 4.39 Å². The second kappa shape index (κ2) is 5.81. The lowest BCUT2D eigenvalue weighted by molar-refractivity contribution is 0.279. The van der Waals surface area contributed by atoms with Crippen LogP contribution >= 0.6 is 0 Å². The third-order valence-corrected chi connectivity index (χ3v) is 3.82. The molecule has 0 aliphatic heterocycles. The highest BCUT2D eigenvalue weighted by Crippen LogP contribution is 2.34. The fourth-order valence-corrected chi connectivity index (χ4v) is 2.60. The Morgan fingerprint density at radius 1 is 1.29 bits per heavy atom. The predicted octanol–water partition coefficient (Wildman–Crippen LogP) is 2.56. The molecule has 1 aliphatic carbocycles. The largest absolute Gasteiger partial charge is 0.490 e. The summed E-state index contributed by atoms with van der Waals surface area (Å²) in [5, 5.41) is 3.97. The zero-order valence-electron chi connectivity index (χ0n) is 11.7. The highest BCUT2D eigenvalue weighted by Gasteiger charge is 2.35. The first-order chi connectivity index (χ1) is 10.2. The van der Waals surface area contributed by atoms with Crippen molar-refractivity contribution in [1.29, 1.82) is 0 Å². The summed E-state index contributed by atoms with van der Waals surface area (Å²) in [6.45, 7) is 0.278. The second-order valence-electron chi connectivity index (χ2n) is 5.40. The zero-order chi connectivity index (χ0) is 14.7. The van der Waals surface area contributed by atoms with Gasteiger partial charge in [-0.15, -0.1) is 0 Å². The van der Waals surface area contributed by atoms with E-state index in [0.29, 0.717) is 18.1 Å². The number of aromatic nitrogens is 2. The van der Waals surface area contributed by atoms with Gasteiger partial charge in [-0.1, -0.05) is 30.1 Å². The molecule has 112 valence electrons. The van der Waals surface area contributed by atoms with Crippen molar-refractivity contribution in [2.45, 2.75) is 37.6 Å². The molecule has 1 aliphatic rings. The summed E-state index contributed by atoms with van der Waals surface area (Å²) in [5.74, 6) is 0.887. The van der Waals surface area contributed by atoms with Crippen molar-refractivity contribution >= 4 is 0 Å². The van der Waals surface area contributed by atoms with E-state index in [9.17, 15) is 4.39 Å². The number of rotatable bonds is 5. The third-order valence-electron chi connectivity index (χ3n) is 3.82. The SMILES string of the molecule is NC1(c2noc(CCOc3ccccc3F)n2)CCCC1. The minimum atomic E-state index is -0.450. The Balaban J connectivity index is 1.57. The number of halogens is 1. The van der Waals surface area contributed by atoms with E-state index in [1.807, 2.05) is 0 Å². The van der Waals surface area contributed by atoms with Crippen LogP contribution < -0.4 is 10.5 Å². The van der Waals surface area contributed by atoms with Crippen molar-refractivity contribution in [2.75, 3.05) is 6.61 Å². The lowest BCUT2D eigenvalue weighted by Crippen LogP contribution is -2.34. The van der Waals surface area contributed by atoms with Crippen molar-refractivity contribution < 1.29 is 13.7 Å². The number of benzene rings is 1. The van der Waals surface area contributed by atoms with Crippen LogP contribution in [0.25, 0.3) is 0 Å². The topological polar surface area (TPSA) is 74.2 Å². The first-order valence-corrected chi connectivity index (χ1v) is 7.17. The quantitative estimate of drug-likeness (QED) is 0.916. The van der Waals surface area contributed by atoms with E-state index < -0.39 is 5.54 Å². The van der Waals surface area contributed by atoms with Gasteiger partial charge in [-0.3, -0.25) is 0 Å². The number of para-hydroxylation sites is 1. The molecule has 2 N–H and O–H groups in total. The summed E-state index contributed by atoms with van der Waals surface area (Å²) in [7, 11) is 0. The summed E-state index contributed by atoms with van der Waals surface area (Å²) in [5.41, 5.74) is 5.82. The Kier molecular flexibility index (Phi) is 3.88. The van der Waals surface area contributed by atoms with Crippen molar-refractivity contribution in [3.63, 3.8) is 0 Å². The van der Waals surface area contributed by atoms with Crippen molar-refractivity contribution in [1.82, 2.24) is 10.1 Å². The number of hydrogen-bond donors (Lipinski definition) is 1. The molecule has 0 bridgehead atoms. The molecule has 2 aromatic rings. The highest BCUT2D eigenvalue weighted by atomic mass is 19.1. The normalized spacial score (nSPS) is 17.0. The van der Waals surface area contributed by atoms with Crippen LogP contribution in [0.2, 0.25) is 0 Å². The molecule has 3 rings (SSSR count). The Bertz CT molecular complexity index is 608. The van der Waals surface area contributed by atoms with Crippen LogP contribution in [0.15, 0.2) is 28.8 Å². The number of nitrogens with zero attached hydrogens (tertiary/aromatic N) is 2. The van der Waals surface area contributed by atoms with E-state index in [-0.39, 0.29) is 18.2 Å². The summed E-state index contributed by atoms with van der Waals surface area (Å²) in [6.07, 6.45) is 4.39. The van der Waals surface area contributed by atoms with Gasteiger partial charge >= 0.3 is 0 Å². The summed E-state index contributed by atoms with van der Waals surface area (Å²) >= 11 is 0. The summed E-state index contributed by atoms with van der Waals surface area (Å²) < 4.78 is 23.9. The molecular formula is C15H18FN3O2. The monoisotopic (exact) mass is 291 g/mol. The summed E-state index contributed by atoms with van der Waals surface area (Å²) in [4.78, 5) is 4.34. The Hall–Kier alpha value is -1.95. The van der Waals surface area contributed by atoms with Gasteiger partial charge in [0, 0.05) is 0 Å². The average Bonchev–Trinajstić information content (AvgIpc) is 3.11. The van der Waals surface area contributed by atoms with Gasteiger partial charge in [-0.05, 0) is 25.0 Å². The average molecular weight is 291 g/mol. The second-order valence-corrected chi connectivity index (χ2v) is 5.40. The van der Waals surface area contributed by atoms with E-state index >= 15 is 0 Å². The van der Waals surface area contributed by atoms with Crippen LogP contribution in [0.4, 0.5) is 4.39 Å². The molecule has 0 unspecified atom stereocenters. The number of hydrogen-bond acceptors (Lipinski definition) is 5. The Morgan fingerprint density at radius 2 is 2.05 bits per heavy atom. The van der Waals surface area contributed by atoms with Crippen LogP contribution in [0.3, 0.4) is 0 Å². The summed E-state index contributed by atoms with van der Waals surface area (Å²) in [6, 6.07) is 6.29.